The van der Waals surface area contributed by atoms with Gasteiger partial charge in [-0.05, 0) is 18.6 Å². The molecule has 0 radical (unpaired) electrons. The molecule has 0 spiro atoms. The SMILES string of the molecule is CN(CCCO)S(=O)(=O)NCc1ccc(Cl)s1. The average Bonchev–Trinajstić information content (AvgIpc) is 2.69. The van der Waals surface area contributed by atoms with Crippen LogP contribution in [-0.2, 0) is 16.8 Å². The van der Waals surface area contributed by atoms with Crippen LogP contribution in [0.3, 0.4) is 0 Å². The quantitative estimate of drug-likeness (QED) is 0.790. The number of hydrogen-bond acceptors (Lipinski definition) is 4. The van der Waals surface area contributed by atoms with Gasteiger partial charge in [-0.2, -0.15) is 17.4 Å². The zero-order valence-corrected chi connectivity index (χ0v) is 11.8. The van der Waals surface area contributed by atoms with Crippen LogP contribution in [0.1, 0.15) is 11.3 Å². The van der Waals surface area contributed by atoms with Gasteiger partial charge in [-0.15, -0.1) is 11.3 Å². The van der Waals surface area contributed by atoms with Crippen molar-refractivity contribution in [2.75, 3.05) is 20.2 Å². The number of aliphatic hydroxyl groups is 1. The zero-order chi connectivity index (χ0) is 12.9. The highest BCUT2D eigenvalue weighted by molar-refractivity contribution is 7.87. The Labute approximate surface area is 110 Å². The highest BCUT2D eigenvalue weighted by Crippen LogP contribution is 2.21. The molecule has 0 atom stereocenters. The number of nitrogens with zero attached hydrogens (tertiary/aromatic N) is 1. The highest BCUT2D eigenvalue weighted by Gasteiger charge is 2.16. The smallest absolute Gasteiger partial charge is 0.279 e. The van der Waals surface area contributed by atoms with E-state index in [-0.39, 0.29) is 19.7 Å². The molecular weight excluding hydrogens is 284 g/mol. The van der Waals surface area contributed by atoms with Gasteiger partial charge in [-0.3, -0.25) is 0 Å². The third-order valence-electron chi connectivity index (χ3n) is 2.10. The van der Waals surface area contributed by atoms with Crippen LogP contribution in [0.15, 0.2) is 12.1 Å². The second kappa shape index (κ2) is 6.67. The summed E-state index contributed by atoms with van der Waals surface area (Å²) in [7, 11) is -2.01. The molecule has 0 fully saturated rings. The Morgan fingerprint density at radius 1 is 1.53 bits per heavy atom. The third kappa shape index (κ3) is 4.90. The van der Waals surface area contributed by atoms with E-state index < -0.39 is 10.2 Å². The van der Waals surface area contributed by atoms with E-state index in [1.165, 1.54) is 22.7 Å². The molecule has 1 aromatic heterocycles. The van der Waals surface area contributed by atoms with Gasteiger partial charge in [0.05, 0.1) is 4.34 Å². The Morgan fingerprint density at radius 2 is 2.24 bits per heavy atom. The van der Waals surface area contributed by atoms with Crippen molar-refractivity contribution in [2.24, 2.45) is 0 Å². The number of nitrogens with one attached hydrogen (secondary N) is 1. The van der Waals surface area contributed by atoms with Crippen molar-refractivity contribution in [1.82, 2.24) is 9.03 Å². The van der Waals surface area contributed by atoms with Crippen LogP contribution < -0.4 is 4.72 Å². The lowest BCUT2D eigenvalue weighted by atomic mass is 10.5. The fourth-order valence-corrected chi connectivity index (χ4v) is 3.18. The summed E-state index contributed by atoms with van der Waals surface area (Å²) in [4.78, 5) is 0.856. The first-order valence-corrected chi connectivity index (χ1v) is 7.65. The summed E-state index contributed by atoms with van der Waals surface area (Å²) in [6.45, 7) is 0.487. The summed E-state index contributed by atoms with van der Waals surface area (Å²) in [5, 5.41) is 8.64. The van der Waals surface area contributed by atoms with Gasteiger partial charge in [0.25, 0.3) is 10.2 Å². The van der Waals surface area contributed by atoms with E-state index in [0.717, 1.165) is 4.88 Å². The fraction of sp³-hybridized carbons (Fsp3) is 0.556. The monoisotopic (exact) mass is 298 g/mol. The summed E-state index contributed by atoms with van der Waals surface area (Å²) in [5.74, 6) is 0. The van der Waals surface area contributed by atoms with Crippen molar-refractivity contribution in [3.63, 3.8) is 0 Å². The molecular formula is C9H15ClN2O3S2. The van der Waals surface area contributed by atoms with Gasteiger partial charge in [-0.25, -0.2) is 0 Å². The van der Waals surface area contributed by atoms with Gasteiger partial charge >= 0.3 is 0 Å². The average molecular weight is 299 g/mol. The summed E-state index contributed by atoms with van der Waals surface area (Å²) < 4.78 is 27.7. The van der Waals surface area contributed by atoms with E-state index in [0.29, 0.717) is 10.8 Å². The Morgan fingerprint density at radius 3 is 2.76 bits per heavy atom. The lowest BCUT2D eigenvalue weighted by Crippen LogP contribution is -2.38. The normalized spacial score (nSPS) is 12.2. The van der Waals surface area contributed by atoms with Crippen LogP contribution >= 0.6 is 22.9 Å². The molecule has 1 aromatic rings. The van der Waals surface area contributed by atoms with Gasteiger partial charge in [0, 0.05) is 31.6 Å². The van der Waals surface area contributed by atoms with Crippen molar-refractivity contribution < 1.29 is 13.5 Å². The molecule has 0 saturated carbocycles. The first kappa shape index (κ1) is 14.9. The van der Waals surface area contributed by atoms with Crippen molar-refractivity contribution in [1.29, 1.82) is 0 Å². The summed E-state index contributed by atoms with van der Waals surface area (Å²) in [6, 6.07) is 3.51. The van der Waals surface area contributed by atoms with Crippen LogP contribution in [0.25, 0.3) is 0 Å². The molecule has 1 rings (SSSR count). The van der Waals surface area contributed by atoms with Crippen LogP contribution in [0.5, 0.6) is 0 Å². The number of rotatable bonds is 7. The Hall–Kier alpha value is -0.180. The van der Waals surface area contributed by atoms with E-state index in [4.69, 9.17) is 16.7 Å². The first-order chi connectivity index (χ1) is 7.95. The molecule has 0 saturated heterocycles. The fourth-order valence-electron chi connectivity index (χ4n) is 1.13. The molecule has 5 nitrogen and oxygen atoms in total. The molecule has 2 N–H and O–H groups in total. The maximum atomic E-state index is 11.7. The van der Waals surface area contributed by atoms with Gasteiger partial charge < -0.3 is 5.11 Å². The second-order valence-corrected chi connectivity index (χ2v) is 7.09. The molecule has 17 heavy (non-hydrogen) atoms. The van der Waals surface area contributed by atoms with Gasteiger partial charge in [0.15, 0.2) is 0 Å². The highest BCUT2D eigenvalue weighted by atomic mass is 35.5. The van der Waals surface area contributed by atoms with Crippen molar-refractivity contribution in [3.05, 3.63) is 21.3 Å². The van der Waals surface area contributed by atoms with E-state index in [2.05, 4.69) is 4.72 Å². The van der Waals surface area contributed by atoms with Crippen molar-refractivity contribution in [2.45, 2.75) is 13.0 Å². The predicted molar refractivity (Wildman–Crippen MR) is 69.4 cm³/mol. The molecule has 0 aliphatic carbocycles. The molecule has 0 unspecified atom stereocenters. The standard InChI is InChI=1S/C9H15ClN2O3S2/c1-12(5-2-6-13)17(14,15)11-7-8-3-4-9(10)16-8/h3-4,11,13H,2,5-7H2,1H3. The number of hydrogen-bond donors (Lipinski definition) is 2. The van der Waals surface area contributed by atoms with Crippen LogP contribution in [0.4, 0.5) is 0 Å². The van der Waals surface area contributed by atoms with Crippen LogP contribution in [-0.4, -0.2) is 38.0 Å². The number of aliphatic hydroxyl groups excluding tert-OH is 1. The second-order valence-electron chi connectivity index (χ2n) is 3.43. The van der Waals surface area contributed by atoms with E-state index >= 15 is 0 Å². The van der Waals surface area contributed by atoms with E-state index in [1.807, 2.05) is 0 Å². The molecule has 0 aromatic carbocycles. The van der Waals surface area contributed by atoms with Crippen molar-refractivity contribution in [3.8, 4) is 0 Å². The molecule has 0 aliphatic rings. The number of thiophene rings is 1. The maximum absolute atomic E-state index is 11.7. The number of halogens is 1. The largest absolute Gasteiger partial charge is 0.396 e. The molecule has 8 heteroatoms. The Balaban J connectivity index is 2.49. The molecule has 0 aliphatic heterocycles. The van der Waals surface area contributed by atoms with E-state index in [9.17, 15) is 8.42 Å². The molecule has 98 valence electrons. The minimum atomic E-state index is -3.49. The summed E-state index contributed by atoms with van der Waals surface area (Å²) in [6.07, 6.45) is 0.419. The Kier molecular flexibility index (Phi) is 5.84. The molecule has 1 heterocycles. The topological polar surface area (TPSA) is 69.6 Å². The maximum Gasteiger partial charge on any atom is 0.279 e. The van der Waals surface area contributed by atoms with Crippen LogP contribution in [0, 0.1) is 0 Å². The zero-order valence-electron chi connectivity index (χ0n) is 9.39. The van der Waals surface area contributed by atoms with Gasteiger partial charge in [-0.1, -0.05) is 11.6 Å². The van der Waals surface area contributed by atoms with Gasteiger partial charge in [0.1, 0.15) is 0 Å². The lowest BCUT2D eigenvalue weighted by molar-refractivity contribution is 0.275. The molecule has 0 bridgehead atoms. The van der Waals surface area contributed by atoms with Crippen LogP contribution in [0.2, 0.25) is 4.34 Å². The summed E-state index contributed by atoms with van der Waals surface area (Å²) >= 11 is 7.08. The minimum absolute atomic E-state index is 0.0274. The lowest BCUT2D eigenvalue weighted by Gasteiger charge is -2.16. The van der Waals surface area contributed by atoms with E-state index in [1.54, 1.807) is 12.1 Å². The third-order valence-corrected chi connectivity index (χ3v) is 4.84. The first-order valence-electron chi connectivity index (χ1n) is 5.01. The predicted octanol–water partition coefficient (Wildman–Crippen LogP) is 1.05. The minimum Gasteiger partial charge on any atom is -0.396 e. The van der Waals surface area contributed by atoms with Crippen molar-refractivity contribution >= 4 is 33.1 Å². The Bertz CT molecular complexity index is 447. The molecule has 0 amide bonds. The van der Waals surface area contributed by atoms with Gasteiger partial charge in [0.2, 0.25) is 0 Å². The summed E-state index contributed by atoms with van der Waals surface area (Å²) in [5.41, 5.74) is 0.